The monoisotopic (exact) mass is 306 g/mol. The van der Waals surface area contributed by atoms with Crippen LogP contribution in [0.2, 0.25) is 0 Å². The predicted molar refractivity (Wildman–Crippen MR) is 82.1 cm³/mol. The topological polar surface area (TPSA) is 52.6 Å². The first-order valence-electron chi connectivity index (χ1n) is 8.81. The third kappa shape index (κ3) is 2.73. The van der Waals surface area contributed by atoms with Gasteiger partial charge in [0.25, 0.3) is 0 Å². The maximum Gasteiger partial charge on any atom is 0.320 e. The van der Waals surface area contributed by atoms with Gasteiger partial charge in [-0.1, -0.05) is 70.4 Å². The van der Waals surface area contributed by atoms with Crippen molar-refractivity contribution in [2.24, 2.45) is 11.8 Å². The van der Waals surface area contributed by atoms with E-state index in [4.69, 9.17) is 9.47 Å². The maximum atomic E-state index is 11.9. The van der Waals surface area contributed by atoms with Gasteiger partial charge in [-0.25, -0.2) is 0 Å². The second kappa shape index (κ2) is 6.53. The molecule has 122 valence electrons. The lowest BCUT2D eigenvalue weighted by atomic mass is 9.74. The van der Waals surface area contributed by atoms with Gasteiger partial charge in [-0.15, -0.1) is 0 Å². The predicted octanol–water partition coefficient (Wildman–Crippen LogP) is 3.54. The van der Waals surface area contributed by atoms with Gasteiger partial charge in [-0.05, 0) is 6.42 Å². The molecule has 0 aromatic carbocycles. The molecular formula is C18H26O4. The van der Waals surface area contributed by atoms with Crippen molar-refractivity contribution in [1.29, 1.82) is 0 Å². The van der Waals surface area contributed by atoms with Crippen molar-refractivity contribution in [3.05, 3.63) is 12.2 Å². The summed E-state index contributed by atoms with van der Waals surface area (Å²) in [6.45, 7) is 2.23. The molecule has 2 saturated heterocycles. The van der Waals surface area contributed by atoms with E-state index in [1.165, 1.54) is 38.5 Å². The van der Waals surface area contributed by atoms with E-state index in [1.807, 2.05) is 12.2 Å². The van der Waals surface area contributed by atoms with E-state index in [0.717, 1.165) is 19.3 Å². The van der Waals surface area contributed by atoms with Crippen LogP contribution >= 0.6 is 0 Å². The smallest absolute Gasteiger partial charge is 0.320 e. The van der Waals surface area contributed by atoms with Gasteiger partial charge in [0.05, 0.1) is 6.10 Å². The van der Waals surface area contributed by atoms with Crippen LogP contribution in [0.15, 0.2) is 12.2 Å². The minimum atomic E-state index is -0.569. The molecule has 22 heavy (non-hydrogen) atoms. The summed E-state index contributed by atoms with van der Waals surface area (Å²) in [5.74, 6) is -1.59. The number of hydrogen-bond acceptors (Lipinski definition) is 4. The van der Waals surface area contributed by atoms with Gasteiger partial charge in [0.2, 0.25) is 0 Å². The molecule has 0 aromatic heterocycles. The van der Waals surface area contributed by atoms with E-state index in [-0.39, 0.29) is 12.1 Å². The van der Waals surface area contributed by atoms with Crippen molar-refractivity contribution in [3.8, 4) is 0 Å². The molecule has 2 bridgehead atoms. The third-order valence-corrected chi connectivity index (χ3v) is 5.31. The SMILES string of the molecule is CCCCCCCCCC[C@@]12C=C[C@@H](O1)C1C(=O)OC(=O)C12. The van der Waals surface area contributed by atoms with E-state index in [0.29, 0.717) is 0 Å². The van der Waals surface area contributed by atoms with Crippen LogP contribution in [-0.4, -0.2) is 23.6 Å². The minimum Gasteiger partial charge on any atom is -0.393 e. The molecule has 2 fully saturated rings. The summed E-state index contributed by atoms with van der Waals surface area (Å²) >= 11 is 0. The second-order valence-electron chi connectivity index (χ2n) is 6.86. The summed E-state index contributed by atoms with van der Waals surface area (Å²) in [5.41, 5.74) is -0.569. The zero-order valence-electron chi connectivity index (χ0n) is 13.4. The summed E-state index contributed by atoms with van der Waals surface area (Å²) < 4.78 is 10.8. The van der Waals surface area contributed by atoms with Crippen molar-refractivity contribution in [1.82, 2.24) is 0 Å². The van der Waals surface area contributed by atoms with Gasteiger partial charge in [0.15, 0.2) is 0 Å². The number of ether oxygens (including phenoxy) is 2. The second-order valence-corrected chi connectivity index (χ2v) is 6.86. The van der Waals surface area contributed by atoms with E-state index in [2.05, 4.69) is 6.92 Å². The Morgan fingerprint density at radius 1 is 1.00 bits per heavy atom. The molecule has 2 unspecified atom stereocenters. The third-order valence-electron chi connectivity index (χ3n) is 5.31. The number of cyclic esters (lactones) is 2. The molecule has 0 aliphatic carbocycles. The van der Waals surface area contributed by atoms with Crippen molar-refractivity contribution in [2.75, 3.05) is 0 Å². The Labute approximate surface area is 132 Å². The van der Waals surface area contributed by atoms with Gasteiger partial charge in [-0.3, -0.25) is 9.59 Å². The Bertz CT molecular complexity index is 470. The lowest BCUT2D eigenvalue weighted by molar-refractivity contribution is -0.158. The highest BCUT2D eigenvalue weighted by atomic mass is 16.6. The van der Waals surface area contributed by atoms with Crippen LogP contribution in [0.25, 0.3) is 0 Å². The lowest BCUT2D eigenvalue weighted by Gasteiger charge is -2.27. The highest BCUT2D eigenvalue weighted by Crippen LogP contribution is 2.53. The fraction of sp³-hybridized carbons (Fsp3) is 0.778. The first kappa shape index (κ1) is 15.7. The quantitative estimate of drug-likeness (QED) is 0.283. The van der Waals surface area contributed by atoms with Crippen LogP contribution in [0.5, 0.6) is 0 Å². The fourth-order valence-corrected chi connectivity index (χ4v) is 4.13. The first-order valence-corrected chi connectivity index (χ1v) is 8.81. The summed E-state index contributed by atoms with van der Waals surface area (Å²) in [7, 11) is 0. The Morgan fingerprint density at radius 2 is 1.68 bits per heavy atom. The van der Waals surface area contributed by atoms with Crippen LogP contribution < -0.4 is 0 Å². The molecule has 3 rings (SSSR count). The molecule has 0 amide bonds. The van der Waals surface area contributed by atoms with Crippen molar-refractivity contribution < 1.29 is 19.1 Å². The van der Waals surface area contributed by atoms with Crippen molar-refractivity contribution in [3.63, 3.8) is 0 Å². The molecule has 4 heteroatoms. The minimum absolute atomic E-state index is 0.252. The van der Waals surface area contributed by atoms with Crippen molar-refractivity contribution >= 4 is 11.9 Å². The highest BCUT2D eigenvalue weighted by Gasteiger charge is 2.66. The molecule has 0 radical (unpaired) electrons. The summed E-state index contributed by atoms with van der Waals surface area (Å²) in [6, 6.07) is 0. The lowest BCUT2D eigenvalue weighted by Crippen LogP contribution is -2.37. The van der Waals surface area contributed by atoms with E-state index in [1.54, 1.807) is 0 Å². The van der Waals surface area contributed by atoms with Crippen LogP contribution in [0, 0.1) is 11.8 Å². The van der Waals surface area contributed by atoms with Gasteiger partial charge in [0, 0.05) is 0 Å². The highest BCUT2D eigenvalue weighted by molar-refractivity contribution is 5.99. The Hall–Kier alpha value is -1.16. The molecule has 4 nitrogen and oxygen atoms in total. The molecule has 3 heterocycles. The number of hydrogen-bond donors (Lipinski definition) is 0. The number of unbranched alkanes of at least 4 members (excludes halogenated alkanes) is 7. The summed E-state index contributed by atoms with van der Waals surface area (Å²) in [5, 5.41) is 0. The van der Waals surface area contributed by atoms with Crippen LogP contribution in [0.1, 0.15) is 64.7 Å². The maximum absolute atomic E-state index is 11.9. The Balaban J connectivity index is 1.44. The van der Waals surface area contributed by atoms with Crippen LogP contribution in [0.3, 0.4) is 0 Å². The zero-order valence-corrected chi connectivity index (χ0v) is 13.4. The van der Waals surface area contributed by atoms with Crippen molar-refractivity contribution in [2.45, 2.75) is 76.4 Å². The molecule has 4 atom stereocenters. The standard InChI is InChI=1S/C18H26O4/c1-2-3-4-5-6-7-8-9-11-18-12-10-13(22-18)14-15(18)17(20)21-16(14)19/h10,12-15H,2-9,11H2,1H3/t13-,14?,15?,18+/m1/s1. The fourth-order valence-electron chi connectivity index (χ4n) is 4.13. The Kier molecular flexibility index (Phi) is 4.67. The van der Waals surface area contributed by atoms with E-state index < -0.39 is 23.4 Å². The molecule has 3 aliphatic rings. The van der Waals surface area contributed by atoms with Gasteiger partial charge in [-0.2, -0.15) is 0 Å². The van der Waals surface area contributed by atoms with Crippen LogP contribution in [0.4, 0.5) is 0 Å². The number of carbonyl (C=O) groups excluding carboxylic acids is 2. The largest absolute Gasteiger partial charge is 0.393 e. The summed E-state index contributed by atoms with van der Waals surface area (Å²) in [4.78, 5) is 23.7. The Morgan fingerprint density at radius 3 is 2.41 bits per heavy atom. The number of rotatable bonds is 9. The normalized spacial score (nSPS) is 35.2. The molecule has 3 aliphatic heterocycles. The first-order chi connectivity index (χ1) is 10.7. The number of esters is 2. The molecule has 0 N–H and O–H groups in total. The van der Waals surface area contributed by atoms with Gasteiger partial charge in [0.1, 0.15) is 17.4 Å². The summed E-state index contributed by atoms with van der Waals surface area (Å²) in [6.07, 6.45) is 14.5. The molecule has 0 aromatic rings. The van der Waals surface area contributed by atoms with Gasteiger partial charge >= 0.3 is 11.9 Å². The molecule has 0 spiro atoms. The zero-order chi connectivity index (χ0) is 15.6. The number of fused-ring (bicyclic) bond motifs is 5. The molecular weight excluding hydrogens is 280 g/mol. The molecule has 0 saturated carbocycles. The van der Waals surface area contributed by atoms with Gasteiger partial charge < -0.3 is 9.47 Å². The van der Waals surface area contributed by atoms with Crippen LogP contribution in [-0.2, 0) is 19.1 Å². The van der Waals surface area contributed by atoms with E-state index >= 15 is 0 Å². The average Bonchev–Trinajstić information content (AvgIpc) is 3.14. The van der Waals surface area contributed by atoms with E-state index in [9.17, 15) is 9.59 Å². The average molecular weight is 306 g/mol. The number of carbonyl (C=O) groups is 2.